The van der Waals surface area contributed by atoms with Crippen molar-refractivity contribution in [1.29, 1.82) is 0 Å². The predicted octanol–water partition coefficient (Wildman–Crippen LogP) is 7.96. The van der Waals surface area contributed by atoms with Crippen molar-refractivity contribution in [3.05, 3.63) is 64.6 Å². The maximum Gasteiger partial charge on any atom is 0.341 e. The fraction of sp³-hybridized carbons (Fsp3) is 0.259. The van der Waals surface area contributed by atoms with Crippen LogP contribution in [0.3, 0.4) is 0 Å². The number of rotatable bonds is 7. The number of fused-ring (bicyclic) bond motifs is 2. The number of carboxylic acids is 1. The molecular formula is C27H25BrO4S. The molecule has 0 fully saturated rings. The Hall–Kier alpha value is -2.70. The zero-order valence-corrected chi connectivity index (χ0v) is 21.2. The van der Waals surface area contributed by atoms with E-state index in [2.05, 4.69) is 48.8 Å². The van der Waals surface area contributed by atoms with Crippen molar-refractivity contribution in [2.24, 2.45) is 5.41 Å². The molecule has 0 amide bonds. The van der Waals surface area contributed by atoms with Crippen molar-refractivity contribution in [2.45, 2.75) is 33.6 Å². The number of carbonyl (C=O) groups is 2. The first-order chi connectivity index (χ1) is 15.6. The SMILES string of the molecule is CC(C)(C)CCC(=O)c1ccc2cc(-c3ccc4c(Br)c(OCC(=O)O)ccc4c3)sc2c1. The zero-order valence-electron chi connectivity index (χ0n) is 18.8. The van der Waals surface area contributed by atoms with Gasteiger partial charge in [-0.2, -0.15) is 0 Å². The summed E-state index contributed by atoms with van der Waals surface area (Å²) in [6, 6.07) is 18.0. The van der Waals surface area contributed by atoms with E-state index in [1.807, 2.05) is 36.4 Å². The summed E-state index contributed by atoms with van der Waals surface area (Å²) in [5, 5.41) is 12.0. The predicted molar refractivity (Wildman–Crippen MR) is 139 cm³/mol. The minimum absolute atomic E-state index is 0.143. The number of ether oxygens (including phenoxy) is 1. The number of Topliss-reactive ketones (excluding diaryl/α,β-unsaturated/α-hetero) is 1. The normalized spacial score (nSPS) is 11.8. The van der Waals surface area contributed by atoms with Crippen LogP contribution in [0.25, 0.3) is 31.3 Å². The van der Waals surface area contributed by atoms with Crippen molar-refractivity contribution in [1.82, 2.24) is 0 Å². The van der Waals surface area contributed by atoms with E-state index in [9.17, 15) is 9.59 Å². The van der Waals surface area contributed by atoms with Crippen molar-refractivity contribution in [2.75, 3.05) is 6.61 Å². The molecule has 0 aliphatic rings. The van der Waals surface area contributed by atoms with Gasteiger partial charge in [0.05, 0.1) is 4.47 Å². The molecule has 0 radical (unpaired) electrons. The number of ketones is 1. The molecule has 6 heteroatoms. The molecule has 0 spiro atoms. The van der Waals surface area contributed by atoms with Gasteiger partial charge in [0.2, 0.25) is 0 Å². The van der Waals surface area contributed by atoms with E-state index in [-0.39, 0.29) is 17.8 Å². The second kappa shape index (κ2) is 9.27. The molecule has 4 nitrogen and oxygen atoms in total. The summed E-state index contributed by atoms with van der Waals surface area (Å²) in [5.74, 6) is -0.317. The molecule has 0 aliphatic carbocycles. The van der Waals surface area contributed by atoms with E-state index < -0.39 is 5.97 Å². The third-order valence-electron chi connectivity index (χ3n) is 5.50. The standard InChI is InChI=1S/C27H25BrO4S/c1-27(2,3)11-10-21(29)17-4-5-19-14-24(33-23(19)13-17)18-6-8-20-16(12-18)7-9-22(26(20)28)32-15-25(30)31/h4-9,12-14H,10-11,15H2,1-3H3,(H,30,31). The van der Waals surface area contributed by atoms with Crippen molar-refractivity contribution >= 4 is 59.9 Å². The molecule has 0 saturated heterocycles. The van der Waals surface area contributed by atoms with Gasteiger partial charge in [-0.15, -0.1) is 11.3 Å². The third-order valence-corrected chi connectivity index (χ3v) is 7.46. The average Bonchev–Trinajstić information content (AvgIpc) is 3.19. The fourth-order valence-corrected chi connectivity index (χ4v) is 5.36. The highest BCUT2D eigenvalue weighted by atomic mass is 79.9. The van der Waals surface area contributed by atoms with Gasteiger partial charge in [0.15, 0.2) is 12.4 Å². The molecule has 3 aromatic carbocycles. The van der Waals surface area contributed by atoms with Gasteiger partial charge in [-0.3, -0.25) is 4.79 Å². The van der Waals surface area contributed by atoms with Crippen LogP contribution in [0.2, 0.25) is 0 Å². The fourth-order valence-electron chi connectivity index (χ4n) is 3.66. The number of benzene rings is 3. The first kappa shape index (κ1) is 23.5. The van der Waals surface area contributed by atoms with Crippen LogP contribution in [0.5, 0.6) is 5.75 Å². The molecule has 0 unspecified atom stereocenters. The maximum absolute atomic E-state index is 12.7. The van der Waals surface area contributed by atoms with Gasteiger partial charge in [-0.05, 0) is 73.8 Å². The van der Waals surface area contributed by atoms with Gasteiger partial charge in [0.25, 0.3) is 0 Å². The summed E-state index contributed by atoms with van der Waals surface area (Å²) < 4.78 is 7.20. The Labute approximate surface area is 205 Å². The van der Waals surface area contributed by atoms with Crippen LogP contribution >= 0.6 is 27.3 Å². The van der Waals surface area contributed by atoms with Crippen LogP contribution in [0.15, 0.2) is 59.1 Å². The van der Waals surface area contributed by atoms with E-state index in [1.54, 1.807) is 17.4 Å². The Balaban J connectivity index is 1.61. The topological polar surface area (TPSA) is 63.6 Å². The Morgan fingerprint density at radius 2 is 1.76 bits per heavy atom. The molecular weight excluding hydrogens is 500 g/mol. The Morgan fingerprint density at radius 3 is 2.48 bits per heavy atom. The second-order valence-corrected chi connectivity index (χ2v) is 11.2. The number of halogens is 1. The number of hydrogen-bond acceptors (Lipinski definition) is 4. The highest BCUT2D eigenvalue weighted by Crippen LogP contribution is 2.38. The van der Waals surface area contributed by atoms with Crippen LogP contribution in [0, 0.1) is 5.41 Å². The molecule has 1 heterocycles. The number of thiophene rings is 1. The molecule has 0 saturated carbocycles. The van der Waals surface area contributed by atoms with E-state index in [4.69, 9.17) is 9.84 Å². The average molecular weight is 525 g/mol. The Bertz CT molecular complexity index is 1360. The first-order valence-corrected chi connectivity index (χ1v) is 12.4. The molecule has 4 aromatic rings. The van der Waals surface area contributed by atoms with Gasteiger partial charge >= 0.3 is 5.97 Å². The molecule has 1 aromatic heterocycles. The summed E-state index contributed by atoms with van der Waals surface area (Å²) in [7, 11) is 0. The molecule has 0 bridgehead atoms. The van der Waals surface area contributed by atoms with Gasteiger partial charge in [0.1, 0.15) is 5.75 Å². The number of aliphatic carboxylic acids is 1. The third kappa shape index (κ3) is 5.45. The summed E-state index contributed by atoms with van der Waals surface area (Å²) in [6.07, 6.45) is 1.43. The molecule has 0 aliphatic heterocycles. The Kier molecular flexibility index (Phi) is 6.59. The highest BCUT2D eigenvalue weighted by molar-refractivity contribution is 9.10. The molecule has 33 heavy (non-hydrogen) atoms. The summed E-state index contributed by atoms with van der Waals surface area (Å²) in [4.78, 5) is 24.6. The largest absolute Gasteiger partial charge is 0.481 e. The smallest absolute Gasteiger partial charge is 0.341 e. The number of carboxylic acid groups (broad SMARTS) is 1. The number of hydrogen-bond donors (Lipinski definition) is 1. The van der Waals surface area contributed by atoms with Gasteiger partial charge in [0, 0.05) is 21.6 Å². The molecule has 170 valence electrons. The van der Waals surface area contributed by atoms with E-state index >= 15 is 0 Å². The van der Waals surface area contributed by atoms with E-state index in [0.29, 0.717) is 12.2 Å². The van der Waals surface area contributed by atoms with E-state index in [1.165, 1.54) is 0 Å². The van der Waals surface area contributed by atoms with Gasteiger partial charge in [-0.1, -0.05) is 51.1 Å². The van der Waals surface area contributed by atoms with Crippen LogP contribution in [-0.2, 0) is 4.79 Å². The zero-order chi connectivity index (χ0) is 23.8. The van der Waals surface area contributed by atoms with Gasteiger partial charge < -0.3 is 9.84 Å². The lowest BCUT2D eigenvalue weighted by Gasteiger charge is -2.16. The van der Waals surface area contributed by atoms with Crippen molar-refractivity contribution in [3.63, 3.8) is 0 Å². The van der Waals surface area contributed by atoms with Crippen LogP contribution in [-0.4, -0.2) is 23.5 Å². The minimum atomic E-state index is -1.01. The van der Waals surface area contributed by atoms with Crippen LogP contribution in [0.4, 0.5) is 0 Å². The lowest BCUT2D eigenvalue weighted by molar-refractivity contribution is -0.139. The van der Waals surface area contributed by atoms with Crippen LogP contribution in [0.1, 0.15) is 44.0 Å². The minimum Gasteiger partial charge on any atom is -0.481 e. The lowest BCUT2D eigenvalue weighted by atomic mass is 9.88. The quantitative estimate of drug-likeness (QED) is 0.249. The summed E-state index contributed by atoms with van der Waals surface area (Å²) in [6.45, 7) is 6.08. The maximum atomic E-state index is 12.7. The van der Waals surface area contributed by atoms with Crippen molar-refractivity contribution in [3.8, 4) is 16.2 Å². The Morgan fingerprint density at radius 1 is 1.00 bits per heavy atom. The van der Waals surface area contributed by atoms with Crippen molar-refractivity contribution < 1.29 is 19.4 Å². The molecule has 1 N–H and O–H groups in total. The summed E-state index contributed by atoms with van der Waals surface area (Å²) in [5.41, 5.74) is 2.01. The van der Waals surface area contributed by atoms with E-state index in [0.717, 1.165) is 47.8 Å². The van der Waals surface area contributed by atoms with Crippen LogP contribution < -0.4 is 4.74 Å². The molecule has 4 rings (SSSR count). The highest BCUT2D eigenvalue weighted by Gasteiger charge is 2.15. The lowest BCUT2D eigenvalue weighted by Crippen LogP contribution is -2.09. The first-order valence-electron chi connectivity index (χ1n) is 10.7. The summed E-state index contributed by atoms with van der Waals surface area (Å²) >= 11 is 5.22. The second-order valence-electron chi connectivity index (χ2n) is 9.34. The monoisotopic (exact) mass is 524 g/mol. The van der Waals surface area contributed by atoms with Gasteiger partial charge in [-0.25, -0.2) is 4.79 Å². The number of carbonyl (C=O) groups excluding carboxylic acids is 1. The molecule has 0 atom stereocenters.